The highest BCUT2D eigenvalue weighted by Gasteiger charge is 2.21. The summed E-state index contributed by atoms with van der Waals surface area (Å²) >= 11 is 0. The number of nitrogens with zero attached hydrogens (tertiary/aromatic N) is 1. The first-order valence-electron chi connectivity index (χ1n) is 7.14. The van der Waals surface area contributed by atoms with Crippen molar-refractivity contribution in [2.24, 2.45) is 11.7 Å². The molecule has 3 N–H and O–H groups in total. The fourth-order valence-corrected chi connectivity index (χ4v) is 2.28. The second-order valence-corrected chi connectivity index (χ2v) is 5.28. The first-order valence-corrected chi connectivity index (χ1v) is 7.14. The molecule has 18 heavy (non-hydrogen) atoms. The summed E-state index contributed by atoms with van der Waals surface area (Å²) in [5.41, 5.74) is 5.78. The molecule has 0 aliphatic heterocycles. The monoisotopic (exact) mass is 257 g/mol. The highest BCUT2D eigenvalue weighted by molar-refractivity contribution is 5.76. The van der Waals surface area contributed by atoms with Crippen LogP contribution in [-0.2, 0) is 4.79 Å². The van der Waals surface area contributed by atoms with Crippen LogP contribution in [0.25, 0.3) is 0 Å². The third-order valence-corrected chi connectivity index (χ3v) is 3.74. The summed E-state index contributed by atoms with van der Waals surface area (Å²) in [4.78, 5) is 13.9. The average molecular weight is 257 g/mol. The van der Waals surface area contributed by atoms with Crippen molar-refractivity contribution >= 4 is 5.91 Å². The molecule has 0 saturated carbocycles. The Bertz CT molecular complexity index is 227. The number of likely N-dealkylation sites (N-methyl/N-ethyl adjacent to an activating group) is 1. The minimum atomic E-state index is -0.0176. The van der Waals surface area contributed by atoms with Crippen LogP contribution in [0.4, 0.5) is 0 Å². The van der Waals surface area contributed by atoms with Gasteiger partial charge in [0.2, 0.25) is 5.91 Å². The minimum absolute atomic E-state index is 0.0176. The lowest BCUT2D eigenvalue weighted by atomic mass is 9.93. The van der Waals surface area contributed by atoms with Crippen molar-refractivity contribution in [3.8, 4) is 0 Å². The van der Waals surface area contributed by atoms with Gasteiger partial charge in [0.05, 0.1) is 0 Å². The van der Waals surface area contributed by atoms with Crippen LogP contribution in [0.2, 0.25) is 0 Å². The van der Waals surface area contributed by atoms with Crippen LogP contribution < -0.4 is 11.1 Å². The van der Waals surface area contributed by atoms with Crippen molar-refractivity contribution in [1.82, 2.24) is 10.2 Å². The fraction of sp³-hybridized carbons (Fsp3) is 0.929. The molecule has 0 aromatic heterocycles. The fourth-order valence-electron chi connectivity index (χ4n) is 2.28. The van der Waals surface area contributed by atoms with Gasteiger partial charge in [0.25, 0.3) is 0 Å². The van der Waals surface area contributed by atoms with E-state index in [0.29, 0.717) is 24.9 Å². The molecular weight excluding hydrogens is 226 g/mol. The lowest BCUT2D eigenvalue weighted by molar-refractivity contribution is -0.121. The molecule has 0 aromatic carbocycles. The SMILES string of the molecule is CCC(N)CC(=O)NCC(C(CC)CC)N(C)C. The number of hydrogen-bond acceptors (Lipinski definition) is 3. The van der Waals surface area contributed by atoms with E-state index in [0.717, 1.165) is 19.3 Å². The van der Waals surface area contributed by atoms with Gasteiger partial charge in [-0.2, -0.15) is 0 Å². The highest BCUT2D eigenvalue weighted by Crippen LogP contribution is 2.16. The van der Waals surface area contributed by atoms with Crippen molar-refractivity contribution in [3.63, 3.8) is 0 Å². The highest BCUT2D eigenvalue weighted by atomic mass is 16.1. The van der Waals surface area contributed by atoms with E-state index in [1.807, 2.05) is 6.92 Å². The Morgan fingerprint density at radius 1 is 1.17 bits per heavy atom. The molecule has 0 aromatic rings. The predicted octanol–water partition coefficient (Wildman–Crippen LogP) is 1.60. The van der Waals surface area contributed by atoms with Crippen LogP contribution in [0.3, 0.4) is 0 Å². The summed E-state index contributed by atoms with van der Waals surface area (Å²) in [7, 11) is 4.15. The van der Waals surface area contributed by atoms with E-state index < -0.39 is 0 Å². The Balaban J connectivity index is 4.23. The largest absolute Gasteiger partial charge is 0.354 e. The summed E-state index contributed by atoms with van der Waals surface area (Å²) < 4.78 is 0. The topological polar surface area (TPSA) is 58.4 Å². The third-order valence-electron chi connectivity index (χ3n) is 3.74. The first kappa shape index (κ1) is 17.4. The van der Waals surface area contributed by atoms with E-state index in [1.54, 1.807) is 0 Å². The van der Waals surface area contributed by atoms with E-state index in [9.17, 15) is 4.79 Å². The van der Waals surface area contributed by atoms with Crippen molar-refractivity contribution in [2.45, 2.75) is 58.5 Å². The van der Waals surface area contributed by atoms with Gasteiger partial charge in [0, 0.05) is 25.0 Å². The maximum absolute atomic E-state index is 11.7. The van der Waals surface area contributed by atoms with Crippen LogP contribution in [0.1, 0.15) is 46.5 Å². The van der Waals surface area contributed by atoms with E-state index in [2.05, 4.69) is 38.2 Å². The quantitative estimate of drug-likeness (QED) is 0.659. The van der Waals surface area contributed by atoms with Gasteiger partial charge in [0.1, 0.15) is 0 Å². The van der Waals surface area contributed by atoms with Gasteiger partial charge in [-0.1, -0.05) is 33.6 Å². The van der Waals surface area contributed by atoms with Crippen molar-refractivity contribution in [3.05, 3.63) is 0 Å². The molecule has 4 nitrogen and oxygen atoms in total. The Kier molecular flexibility index (Phi) is 9.02. The Labute approximate surface area is 112 Å². The number of carbonyl (C=O) groups excluding carboxylic acids is 1. The zero-order chi connectivity index (χ0) is 14.1. The summed E-state index contributed by atoms with van der Waals surface area (Å²) in [6, 6.07) is 0.387. The third kappa shape index (κ3) is 6.36. The van der Waals surface area contributed by atoms with Gasteiger partial charge in [-0.25, -0.2) is 0 Å². The minimum Gasteiger partial charge on any atom is -0.354 e. The van der Waals surface area contributed by atoms with Crippen LogP contribution in [0, 0.1) is 5.92 Å². The standard InChI is InChI=1S/C14H31N3O/c1-6-11(7-2)13(17(4)5)10-16-14(18)9-12(15)8-3/h11-13H,6-10,15H2,1-5H3,(H,16,18). The molecular formula is C14H31N3O. The molecule has 0 saturated heterocycles. The van der Waals surface area contributed by atoms with Crippen LogP contribution in [0.5, 0.6) is 0 Å². The van der Waals surface area contributed by atoms with E-state index in [4.69, 9.17) is 5.73 Å². The molecule has 0 spiro atoms. The van der Waals surface area contributed by atoms with E-state index in [-0.39, 0.29) is 11.9 Å². The normalized spacial score (nSPS) is 14.9. The molecule has 0 bridgehead atoms. The van der Waals surface area contributed by atoms with Crippen molar-refractivity contribution in [2.75, 3.05) is 20.6 Å². The number of carbonyl (C=O) groups is 1. The Morgan fingerprint density at radius 3 is 2.11 bits per heavy atom. The molecule has 0 fully saturated rings. The van der Waals surface area contributed by atoms with Crippen LogP contribution >= 0.6 is 0 Å². The van der Waals surface area contributed by atoms with Gasteiger partial charge < -0.3 is 16.0 Å². The van der Waals surface area contributed by atoms with Gasteiger partial charge in [-0.3, -0.25) is 4.79 Å². The van der Waals surface area contributed by atoms with E-state index in [1.165, 1.54) is 0 Å². The second kappa shape index (κ2) is 9.34. The van der Waals surface area contributed by atoms with E-state index >= 15 is 0 Å². The molecule has 2 atom stereocenters. The smallest absolute Gasteiger partial charge is 0.221 e. The van der Waals surface area contributed by atoms with Gasteiger partial charge in [0.15, 0.2) is 0 Å². The number of amides is 1. The predicted molar refractivity (Wildman–Crippen MR) is 77.4 cm³/mol. The molecule has 0 aliphatic carbocycles. The molecule has 1 amide bonds. The van der Waals surface area contributed by atoms with Gasteiger partial charge in [-0.05, 0) is 26.4 Å². The van der Waals surface area contributed by atoms with Crippen molar-refractivity contribution in [1.29, 1.82) is 0 Å². The number of rotatable bonds is 9. The van der Waals surface area contributed by atoms with Gasteiger partial charge >= 0.3 is 0 Å². The van der Waals surface area contributed by atoms with Crippen LogP contribution in [-0.4, -0.2) is 43.5 Å². The van der Waals surface area contributed by atoms with Crippen LogP contribution in [0.15, 0.2) is 0 Å². The Morgan fingerprint density at radius 2 is 1.72 bits per heavy atom. The lowest BCUT2D eigenvalue weighted by Gasteiger charge is -2.31. The zero-order valence-corrected chi connectivity index (χ0v) is 12.7. The molecule has 0 rings (SSSR count). The summed E-state index contributed by atoms with van der Waals surface area (Å²) in [6.07, 6.45) is 3.56. The maximum Gasteiger partial charge on any atom is 0.221 e. The number of nitrogens with two attached hydrogens (primary N) is 1. The van der Waals surface area contributed by atoms with Gasteiger partial charge in [-0.15, -0.1) is 0 Å². The molecule has 0 aliphatic rings. The number of hydrogen-bond donors (Lipinski definition) is 2. The molecule has 4 heteroatoms. The first-order chi connectivity index (χ1) is 8.46. The van der Waals surface area contributed by atoms with Crippen molar-refractivity contribution < 1.29 is 4.79 Å². The number of nitrogens with one attached hydrogen (secondary N) is 1. The second-order valence-electron chi connectivity index (χ2n) is 5.28. The maximum atomic E-state index is 11.7. The lowest BCUT2D eigenvalue weighted by Crippen LogP contribution is -2.45. The molecule has 0 radical (unpaired) electrons. The Hall–Kier alpha value is -0.610. The average Bonchev–Trinajstić information content (AvgIpc) is 2.33. The molecule has 0 heterocycles. The molecule has 108 valence electrons. The molecule has 2 unspecified atom stereocenters. The zero-order valence-electron chi connectivity index (χ0n) is 12.7. The summed E-state index contributed by atoms with van der Waals surface area (Å²) in [6.45, 7) is 7.14. The summed E-state index contributed by atoms with van der Waals surface area (Å²) in [5.74, 6) is 0.697. The summed E-state index contributed by atoms with van der Waals surface area (Å²) in [5, 5.41) is 3.02.